The summed E-state index contributed by atoms with van der Waals surface area (Å²) < 4.78 is 5.33. The molecule has 0 heterocycles. The van der Waals surface area contributed by atoms with Crippen LogP contribution in [0.15, 0.2) is 35.4 Å². The minimum atomic E-state index is 0.0694. The van der Waals surface area contributed by atoms with Gasteiger partial charge in [-0.15, -0.1) is 0 Å². The maximum Gasteiger partial charge on any atom is 0.119 e. The van der Waals surface area contributed by atoms with Gasteiger partial charge in [0.2, 0.25) is 0 Å². The highest BCUT2D eigenvalue weighted by Crippen LogP contribution is 2.44. The average molecular weight is 242 g/mol. The topological polar surface area (TPSA) is 9.23 Å². The summed E-state index contributed by atoms with van der Waals surface area (Å²) in [7, 11) is 1.72. The predicted molar refractivity (Wildman–Crippen MR) is 78.0 cm³/mol. The zero-order valence-corrected chi connectivity index (χ0v) is 12.2. The molecular weight excluding hydrogens is 220 g/mol. The number of hydrogen-bond acceptors (Lipinski definition) is 1. The molecule has 0 unspecified atom stereocenters. The number of fused-ring (bicyclic) bond motifs is 1. The average Bonchev–Trinajstić information content (AvgIpc) is 2.33. The number of hydrogen-bond donors (Lipinski definition) is 0. The van der Waals surface area contributed by atoms with Gasteiger partial charge in [-0.25, -0.2) is 0 Å². The zero-order valence-electron chi connectivity index (χ0n) is 12.2. The fourth-order valence-electron chi connectivity index (χ4n) is 2.91. The smallest absolute Gasteiger partial charge is 0.119 e. The Morgan fingerprint density at radius 2 is 1.83 bits per heavy atom. The maximum absolute atomic E-state index is 5.33. The van der Waals surface area contributed by atoms with E-state index >= 15 is 0 Å². The molecule has 0 saturated heterocycles. The number of benzene rings is 1. The first-order valence-corrected chi connectivity index (χ1v) is 6.43. The Morgan fingerprint density at radius 1 is 1.17 bits per heavy atom. The van der Waals surface area contributed by atoms with Crippen molar-refractivity contribution in [2.24, 2.45) is 0 Å². The van der Waals surface area contributed by atoms with Gasteiger partial charge in [0.25, 0.3) is 0 Å². The number of ether oxygens (including phenoxy) is 1. The molecular formula is C17H22O. The van der Waals surface area contributed by atoms with Crippen LogP contribution in [0.5, 0.6) is 5.75 Å². The quantitative estimate of drug-likeness (QED) is 0.692. The largest absolute Gasteiger partial charge is 0.497 e. The second kappa shape index (κ2) is 4.31. The van der Waals surface area contributed by atoms with E-state index in [4.69, 9.17) is 4.74 Å². The first-order chi connectivity index (χ1) is 8.37. The van der Waals surface area contributed by atoms with E-state index in [1.54, 1.807) is 7.11 Å². The van der Waals surface area contributed by atoms with Gasteiger partial charge >= 0.3 is 0 Å². The van der Waals surface area contributed by atoms with Crippen molar-refractivity contribution in [3.63, 3.8) is 0 Å². The van der Waals surface area contributed by atoms with E-state index in [2.05, 4.69) is 58.9 Å². The molecule has 0 radical (unpaired) electrons. The van der Waals surface area contributed by atoms with Crippen molar-refractivity contribution in [3.8, 4) is 5.75 Å². The van der Waals surface area contributed by atoms with Gasteiger partial charge in [-0.05, 0) is 55.2 Å². The van der Waals surface area contributed by atoms with E-state index in [0.29, 0.717) is 0 Å². The van der Waals surface area contributed by atoms with Gasteiger partial charge < -0.3 is 4.74 Å². The molecule has 0 aliphatic heterocycles. The lowest BCUT2D eigenvalue weighted by molar-refractivity contribution is 0.414. The van der Waals surface area contributed by atoms with Gasteiger partial charge in [0, 0.05) is 5.41 Å². The van der Waals surface area contributed by atoms with Crippen LogP contribution in [-0.2, 0) is 5.41 Å². The molecule has 1 aromatic carbocycles. The second-order valence-corrected chi connectivity index (χ2v) is 5.78. The van der Waals surface area contributed by atoms with E-state index in [9.17, 15) is 0 Å². The van der Waals surface area contributed by atoms with Crippen LogP contribution in [0, 0.1) is 0 Å². The first kappa shape index (κ1) is 12.9. The third-order valence-corrected chi connectivity index (χ3v) is 3.90. The summed E-state index contributed by atoms with van der Waals surface area (Å²) in [5, 5.41) is 0. The Morgan fingerprint density at radius 3 is 2.39 bits per heavy atom. The molecule has 0 aromatic heterocycles. The number of allylic oxidation sites excluding steroid dienone is 4. The van der Waals surface area contributed by atoms with Crippen LogP contribution in [0.3, 0.4) is 0 Å². The third-order valence-electron chi connectivity index (χ3n) is 3.90. The van der Waals surface area contributed by atoms with Crippen molar-refractivity contribution in [1.29, 1.82) is 0 Å². The highest BCUT2D eigenvalue weighted by Gasteiger charge is 2.31. The molecule has 0 saturated carbocycles. The van der Waals surface area contributed by atoms with Gasteiger partial charge in [-0.2, -0.15) is 0 Å². The predicted octanol–water partition coefficient (Wildman–Crippen LogP) is 4.73. The number of methoxy groups -OCH3 is 1. The van der Waals surface area contributed by atoms with Crippen LogP contribution in [0.1, 0.15) is 45.7 Å². The molecule has 0 spiro atoms. The third kappa shape index (κ3) is 1.88. The summed E-state index contributed by atoms with van der Waals surface area (Å²) in [6.45, 7) is 11.1. The Bertz CT molecular complexity index is 541. The molecule has 1 nitrogen and oxygen atoms in total. The summed E-state index contributed by atoms with van der Waals surface area (Å²) in [5.74, 6) is 0.929. The van der Waals surface area contributed by atoms with Crippen LogP contribution in [0.25, 0.3) is 5.57 Å². The Hall–Kier alpha value is -1.50. The molecule has 1 aromatic rings. The summed E-state index contributed by atoms with van der Waals surface area (Å²) in [4.78, 5) is 0. The summed E-state index contributed by atoms with van der Waals surface area (Å²) in [6, 6.07) is 6.40. The van der Waals surface area contributed by atoms with E-state index in [-0.39, 0.29) is 5.41 Å². The van der Waals surface area contributed by atoms with Crippen LogP contribution < -0.4 is 4.74 Å². The Labute approximate surface area is 110 Å². The lowest BCUT2D eigenvalue weighted by atomic mass is 9.69. The summed E-state index contributed by atoms with van der Waals surface area (Å²) >= 11 is 0. The van der Waals surface area contributed by atoms with Crippen LogP contribution in [-0.4, -0.2) is 7.11 Å². The highest BCUT2D eigenvalue weighted by atomic mass is 16.5. The van der Waals surface area contributed by atoms with E-state index in [1.807, 2.05) is 0 Å². The fourth-order valence-corrected chi connectivity index (χ4v) is 2.91. The summed E-state index contributed by atoms with van der Waals surface area (Å²) in [5.41, 5.74) is 6.90. The van der Waals surface area contributed by atoms with Gasteiger partial charge in [-0.1, -0.05) is 31.6 Å². The number of rotatable bonds is 1. The van der Waals surface area contributed by atoms with Crippen LogP contribution in [0.4, 0.5) is 0 Å². The van der Waals surface area contributed by atoms with Crippen molar-refractivity contribution < 1.29 is 4.74 Å². The molecule has 18 heavy (non-hydrogen) atoms. The molecule has 1 heteroatoms. The lowest BCUT2D eigenvalue weighted by Gasteiger charge is -2.35. The summed E-state index contributed by atoms with van der Waals surface area (Å²) in [6.07, 6.45) is 2.32. The van der Waals surface area contributed by atoms with Gasteiger partial charge in [0.05, 0.1) is 7.11 Å². The molecule has 2 rings (SSSR count). The van der Waals surface area contributed by atoms with Gasteiger partial charge in [0.15, 0.2) is 0 Å². The van der Waals surface area contributed by atoms with Crippen molar-refractivity contribution in [1.82, 2.24) is 0 Å². The van der Waals surface area contributed by atoms with Crippen molar-refractivity contribution in [2.45, 2.75) is 40.0 Å². The van der Waals surface area contributed by atoms with E-state index in [0.717, 1.165) is 5.75 Å². The Balaban J connectivity index is 2.71. The van der Waals surface area contributed by atoms with Crippen molar-refractivity contribution >= 4 is 5.57 Å². The molecule has 1 aliphatic carbocycles. The standard InChI is InChI=1S/C17H22O/c1-11(2)16-9-12(3)14-10-13(18-6)7-8-15(14)17(16,4)5/h7-10H,1-6H3. The molecule has 0 amide bonds. The zero-order chi connectivity index (χ0) is 13.5. The normalized spacial score (nSPS) is 17.0. The van der Waals surface area contributed by atoms with E-state index < -0.39 is 0 Å². The van der Waals surface area contributed by atoms with Crippen molar-refractivity contribution in [2.75, 3.05) is 7.11 Å². The SMILES string of the molecule is COc1ccc2c(c1)C(C)=CC(=C(C)C)C2(C)C. The van der Waals surface area contributed by atoms with Crippen molar-refractivity contribution in [3.05, 3.63) is 46.5 Å². The monoisotopic (exact) mass is 242 g/mol. The minimum Gasteiger partial charge on any atom is -0.497 e. The molecule has 0 bridgehead atoms. The molecule has 1 aliphatic rings. The Kier molecular flexibility index (Phi) is 3.10. The van der Waals surface area contributed by atoms with Gasteiger partial charge in [-0.3, -0.25) is 0 Å². The van der Waals surface area contributed by atoms with Crippen LogP contribution >= 0.6 is 0 Å². The fraction of sp³-hybridized carbons (Fsp3) is 0.412. The van der Waals surface area contributed by atoms with Gasteiger partial charge in [0.1, 0.15) is 5.75 Å². The second-order valence-electron chi connectivity index (χ2n) is 5.78. The molecule has 0 atom stereocenters. The molecule has 96 valence electrons. The lowest BCUT2D eigenvalue weighted by Crippen LogP contribution is -2.25. The van der Waals surface area contributed by atoms with E-state index in [1.165, 1.54) is 27.8 Å². The maximum atomic E-state index is 5.33. The van der Waals surface area contributed by atoms with Crippen LogP contribution in [0.2, 0.25) is 0 Å². The minimum absolute atomic E-state index is 0.0694. The molecule has 0 N–H and O–H groups in total. The highest BCUT2D eigenvalue weighted by molar-refractivity contribution is 5.76. The molecule has 0 fully saturated rings. The first-order valence-electron chi connectivity index (χ1n) is 6.43.